The summed E-state index contributed by atoms with van der Waals surface area (Å²) in [7, 11) is 0. The highest BCUT2D eigenvalue weighted by Crippen LogP contribution is 2.29. The van der Waals surface area contributed by atoms with E-state index in [4.69, 9.17) is 4.74 Å². The van der Waals surface area contributed by atoms with Gasteiger partial charge in [-0.1, -0.05) is 18.2 Å². The number of ether oxygens (including phenoxy) is 1. The minimum atomic E-state index is -0.337. The maximum absolute atomic E-state index is 12.5. The first-order valence-corrected chi connectivity index (χ1v) is 9.05. The first kappa shape index (κ1) is 16.5. The van der Waals surface area contributed by atoms with E-state index in [0.29, 0.717) is 22.6 Å². The van der Waals surface area contributed by atoms with E-state index in [1.165, 1.54) is 16.2 Å². The van der Waals surface area contributed by atoms with Gasteiger partial charge in [0.25, 0.3) is 11.8 Å². The van der Waals surface area contributed by atoms with Crippen LogP contribution in [-0.2, 0) is 11.3 Å². The van der Waals surface area contributed by atoms with Crippen LogP contribution in [0.15, 0.2) is 48.5 Å². The predicted molar refractivity (Wildman–Crippen MR) is 98.4 cm³/mol. The van der Waals surface area contributed by atoms with E-state index in [0.717, 1.165) is 15.6 Å². The smallest absolute Gasteiger partial charge is 0.348 e. The third-order valence-electron chi connectivity index (χ3n) is 4.28. The normalized spacial score (nSPS) is 13.3. The number of imide groups is 1. The molecule has 6 heteroatoms. The number of benzene rings is 2. The largest absolute Gasteiger partial charge is 0.462 e. The SMILES string of the molecule is CCOC(=O)c1cc2cc(CN3C(=O)c4ccccc4C3=O)ccc2s1. The van der Waals surface area contributed by atoms with Crippen LogP contribution in [0, 0.1) is 0 Å². The van der Waals surface area contributed by atoms with Crippen LogP contribution in [0.4, 0.5) is 0 Å². The Morgan fingerprint density at radius 1 is 1.04 bits per heavy atom. The van der Waals surface area contributed by atoms with Crippen molar-refractivity contribution >= 4 is 39.2 Å². The Kier molecular flexibility index (Phi) is 4.05. The second-order valence-electron chi connectivity index (χ2n) is 5.95. The van der Waals surface area contributed by atoms with Crippen molar-refractivity contribution < 1.29 is 19.1 Å². The fourth-order valence-corrected chi connectivity index (χ4v) is 4.00. The molecule has 3 aromatic rings. The van der Waals surface area contributed by atoms with Crippen molar-refractivity contribution in [3.05, 3.63) is 70.1 Å². The molecular formula is C20H15NO4S. The summed E-state index contributed by atoms with van der Waals surface area (Å²) in [5, 5.41) is 0.896. The van der Waals surface area contributed by atoms with E-state index in [2.05, 4.69) is 0 Å². The summed E-state index contributed by atoms with van der Waals surface area (Å²) in [6.07, 6.45) is 0. The van der Waals surface area contributed by atoms with Crippen molar-refractivity contribution in [2.75, 3.05) is 6.61 Å². The fraction of sp³-hybridized carbons (Fsp3) is 0.150. The van der Waals surface area contributed by atoms with Gasteiger partial charge in [-0.3, -0.25) is 14.5 Å². The molecule has 0 saturated heterocycles. The third-order valence-corrected chi connectivity index (χ3v) is 5.37. The molecule has 2 aromatic carbocycles. The molecule has 130 valence electrons. The number of hydrogen-bond acceptors (Lipinski definition) is 5. The van der Waals surface area contributed by atoms with Crippen LogP contribution in [0.25, 0.3) is 10.1 Å². The van der Waals surface area contributed by atoms with Gasteiger partial charge in [-0.25, -0.2) is 4.79 Å². The van der Waals surface area contributed by atoms with Gasteiger partial charge < -0.3 is 4.74 Å². The van der Waals surface area contributed by atoms with Crippen molar-refractivity contribution in [2.24, 2.45) is 0 Å². The number of carbonyl (C=O) groups is 3. The van der Waals surface area contributed by atoms with Gasteiger partial charge in [0, 0.05) is 4.70 Å². The second-order valence-corrected chi connectivity index (χ2v) is 7.03. The molecule has 0 saturated carbocycles. The minimum absolute atomic E-state index is 0.201. The third kappa shape index (κ3) is 2.68. The van der Waals surface area contributed by atoms with Crippen molar-refractivity contribution in [1.29, 1.82) is 0 Å². The van der Waals surface area contributed by atoms with Gasteiger partial charge in [0.05, 0.1) is 24.3 Å². The Labute approximate surface area is 153 Å². The molecule has 2 amide bonds. The van der Waals surface area contributed by atoms with Crippen LogP contribution >= 0.6 is 11.3 Å². The molecule has 26 heavy (non-hydrogen) atoms. The number of hydrogen-bond donors (Lipinski definition) is 0. The number of fused-ring (bicyclic) bond motifs is 2. The van der Waals surface area contributed by atoms with E-state index < -0.39 is 0 Å². The van der Waals surface area contributed by atoms with Crippen LogP contribution < -0.4 is 0 Å². The van der Waals surface area contributed by atoms with Crippen LogP contribution in [0.1, 0.15) is 42.9 Å². The molecule has 0 bridgehead atoms. The lowest BCUT2D eigenvalue weighted by molar-refractivity contribution is 0.0531. The lowest BCUT2D eigenvalue weighted by Crippen LogP contribution is -2.29. The molecule has 0 radical (unpaired) electrons. The minimum Gasteiger partial charge on any atom is -0.462 e. The highest BCUT2D eigenvalue weighted by molar-refractivity contribution is 7.20. The molecule has 2 heterocycles. The molecule has 4 rings (SSSR count). The molecule has 0 atom stereocenters. The quantitative estimate of drug-likeness (QED) is 0.520. The first-order chi connectivity index (χ1) is 12.6. The molecule has 1 aliphatic rings. The molecule has 0 spiro atoms. The number of rotatable bonds is 4. The average Bonchev–Trinajstić information content (AvgIpc) is 3.17. The number of nitrogens with zero attached hydrogens (tertiary/aromatic N) is 1. The van der Waals surface area contributed by atoms with E-state index >= 15 is 0 Å². The van der Waals surface area contributed by atoms with Crippen molar-refractivity contribution in [1.82, 2.24) is 4.90 Å². The topological polar surface area (TPSA) is 63.7 Å². The molecule has 1 aromatic heterocycles. The Hall–Kier alpha value is -2.99. The standard InChI is InChI=1S/C20H15NO4S/c1-2-25-20(24)17-10-13-9-12(7-8-16(13)26-17)11-21-18(22)14-5-3-4-6-15(14)19(21)23/h3-10H,2,11H2,1H3. The maximum atomic E-state index is 12.5. The average molecular weight is 365 g/mol. The first-order valence-electron chi connectivity index (χ1n) is 8.23. The van der Waals surface area contributed by atoms with Gasteiger partial charge in [-0.05, 0) is 48.2 Å². The summed E-state index contributed by atoms with van der Waals surface area (Å²) in [6, 6.07) is 14.3. The van der Waals surface area contributed by atoms with E-state index in [-0.39, 0.29) is 24.3 Å². The van der Waals surface area contributed by atoms with Crippen LogP contribution in [0.3, 0.4) is 0 Å². The number of esters is 1. The van der Waals surface area contributed by atoms with E-state index in [1.54, 1.807) is 37.3 Å². The fourth-order valence-electron chi connectivity index (χ4n) is 3.06. The zero-order valence-electron chi connectivity index (χ0n) is 14.0. The van der Waals surface area contributed by atoms with Gasteiger partial charge in [0.2, 0.25) is 0 Å². The van der Waals surface area contributed by atoms with E-state index in [9.17, 15) is 14.4 Å². The number of carbonyl (C=O) groups excluding carboxylic acids is 3. The zero-order chi connectivity index (χ0) is 18.3. The molecule has 0 unspecified atom stereocenters. The predicted octanol–water partition coefficient (Wildman–Crippen LogP) is 3.87. The highest BCUT2D eigenvalue weighted by atomic mass is 32.1. The van der Waals surface area contributed by atoms with Crippen LogP contribution in [0.2, 0.25) is 0 Å². The number of amides is 2. The maximum Gasteiger partial charge on any atom is 0.348 e. The molecule has 0 aliphatic carbocycles. The molecular weight excluding hydrogens is 350 g/mol. The van der Waals surface area contributed by atoms with Gasteiger partial charge in [0.1, 0.15) is 4.88 Å². The van der Waals surface area contributed by atoms with Crippen LogP contribution in [0.5, 0.6) is 0 Å². The second kappa shape index (κ2) is 6.38. The lowest BCUT2D eigenvalue weighted by atomic mass is 10.1. The summed E-state index contributed by atoms with van der Waals surface area (Å²) in [4.78, 5) is 38.6. The highest BCUT2D eigenvalue weighted by Gasteiger charge is 2.34. The zero-order valence-corrected chi connectivity index (χ0v) is 14.8. The summed E-state index contributed by atoms with van der Waals surface area (Å²) in [6.45, 7) is 2.30. The Morgan fingerprint density at radius 3 is 2.38 bits per heavy atom. The summed E-state index contributed by atoms with van der Waals surface area (Å²) < 4.78 is 5.99. The van der Waals surface area contributed by atoms with Crippen molar-refractivity contribution in [2.45, 2.75) is 13.5 Å². The van der Waals surface area contributed by atoms with Gasteiger partial charge in [-0.15, -0.1) is 11.3 Å². The summed E-state index contributed by atoms with van der Waals surface area (Å²) >= 11 is 1.37. The van der Waals surface area contributed by atoms with Gasteiger partial charge in [0.15, 0.2) is 0 Å². The molecule has 0 fully saturated rings. The Balaban J connectivity index is 1.61. The van der Waals surface area contributed by atoms with Crippen molar-refractivity contribution in [3.63, 3.8) is 0 Å². The lowest BCUT2D eigenvalue weighted by Gasteiger charge is -2.13. The van der Waals surface area contributed by atoms with E-state index in [1.807, 2.05) is 18.2 Å². The molecule has 0 N–H and O–H groups in total. The summed E-state index contributed by atoms with van der Waals surface area (Å²) in [5.74, 6) is -0.887. The van der Waals surface area contributed by atoms with Crippen LogP contribution in [-0.4, -0.2) is 29.3 Å². The van der Waals surface area contributed by atoms with Gasteiger partial charge >= 0.3 is 5.97 Å². The Morgan fingerprint density at radius 2 is 1.73 bits per heavy atom. The molecule has 5 nitrogen and oxygen atoms in total. The summed E-state index contributed by atoms with van der Waals surface area (Å²) in [5.41, 5.74) is 1.72. The monoisotopic (exact) mass is 365 g/mol. The number of thiophene rings is 1. The van der Waals surface area contributed by atoms with Gasteiger partial charge in [-0.2, -0.15) is 0 Å². The molecule has 1 aliphatic heterocycles. The van der Waals surface area contributed by atoms with Crippen molar-refractivity contribution in [3.8, 4) is 0 Å². The Bertz CT molecular complexity index is 1020.